The van der Waals surface area contributed by atoms with Crippen molar-refractivity contribution in [2.75, 3.05) is 0 Å². The fourth-order valence-electron chi connectivity index (χ4n) is 1.90. The molecule has 0 bridgehead atoms. The van der Waals surface area contributed by atoms with Crippen molar-refractivity contribution in [1.29, 1.82) is 0 Å². The Balaban J connectivity index is 3.12. The van der Waals surface area contributed by atoms with Crippen LogP contribution in [0.5, 0.6) is 0 Å². The molecule has 0 saturated carbocycles. The van der Waals surface area contributed by atoms with Crippen molar-refractivity contribution in [2.45, 2.75) is 26.4 Å². The zero-order valence-electron chi connectivity index (χ0n) is 8.93. The lowest BCUT2D eigenvalue weighted by atomic mass is 9.80. The van der Waals surface area contributed by atoms with E-state index in [1.165, 1.54) is 12.2 Å². The van der Waals surface area contributed by atoms with Crippen LogP contribution in [-0.4, -0.2) is 6.18 Å². The van der Waals surface area contributed by atoms with E-state index in [2.05, 4.69) is 6.58 Å². The molecule has 0 spiro atoms. The van der Waals surface area contributed by atoms with Gasteiger partial charge in [-0.2, -0.15) is 13.2 Å². The Hall–Kier alpha value is -0.990. The standard InChI is InChI=1S/C12H15F3/c1-4-9-6-8(3)10(5-2)11(7-9)12(13,14)15/h5-8,10H,2,4H2,1,3H3. The molecule has 1 rings (SSSR count). The van der Waals surface area contributed by atoms with Gasteiger partial charge in [0.25, 0.3) is 0 Å². The minimum atomic E-state index is -4.25. The van der Waals surface area contributed by atoms with Crippen molar-refractivity contribution in [2.24, 2.45) is 11.8 Å². The summed E-state index contributed by atoms with van der Waals surface area (Å²) in [5.74, 6) is -0.737. The van der Waals surface area contributed by atoms with Gasteiger partial charge in [-0.05, 0) is 12.3 Å². The van der Waals surface area contributed by atoms with Crippen LogP contribution in [0.2, 0.25) is 0 Å². The summed E-state index contributed by atoms with van der Waals surface area (Å²) in [4.78, 5) is 0. The smallest absolute Gasteiger partial charge is 0.166 e. The molecule has 0 amide bonds. The molecule has 1 aliphatic carbocycles. The Kier molecular flexibility index (Phi) is 3.42. The highest BCUT2D eigenvalue weighted by Crippen LogP contribution is 2.40. The first-order valence-corrected chi connectivity index (χ1v) is 5.02. The second kappa shape index (κ2) is 4.25. The number of hydrogen-bond donors (Lipinski definition) is 0. The Bertz CT molecular complexity index is 307. The van der Waals surface area contributed by atoms with E-state index in [0.29, 0.717) is 6.42 Å². The van der Waals surface area contributed by atoms with Crippen LogP contribution in [0.4, 0.5) is 13.2 Å². The summed E-state index contributed by atoms with van der Waals surface area (Å²) in [5, 5.41) is 0. The van der Waals surface area contributed by atoms with E-state index in [0.717, 1.165) is 5.57 Å². The molecule has 0 N–H and O–H groups in total. The summed E-state index contributed by atoms with van der Waals surface area (Å²) in [6.45, 7) is 7.13. The highest BCUT2D eigenvalue weighted by Gasteiger charge is 2.40. The molecule has 0 aliphatic heterocycles. The Labute approximate surface area is 88.2 Å². The van der Waals surface area contributed by atoms with Gasteiger partial charge in [0.1, 0.15) is 0 Å². The van der Waals surface area contributed by atoms with Crippen molar-refractivity contribution >= 4 is 0 Å². The van der Waals surface area contributed by atoms with E-state index in [-0.39, 0.29) is 5.92 Å². The van der Waals surface area contributed by atoms with Crippen LogP contribution in [0.3, 0.4) is 0 Å². The molecule has 0 saturated heterocycles. The summed E-state index contributed by atoms with van der Waals surface area (Å²) in [5.41, 5.74) is 0.289. The van der Waals surface area contributed by atoms with E-state index >= 15 is 0 Å². The third-order valence-corrected chi connectivity index (χ3v) is 2.73. The van der Waals surface area contributed by atoms with Gasteiger partial charge in [0.15, 0.2) is 0 Å². The molecule has 0 radical (unpaired) electrons. The first kappa shape index (κ1) is 12.1. The molecule has 0 aromatic carbocycles. The number of allylic oxidation sites excluding steroid dienone is 5. The predicted octanol–water partition coefficient (Wildman–Crippen LogP) is 4.26. The van der Waals surface area contributed by atoms with Crippen molar-refractivity contribution in [3.05, 3.63) is 36.0 Å². The van der Waals surface area contributed by atoms with Gasteiger partial charge in [-0.25, -0.2) is 0 Å². The maximum absolute atomic E-state index is 12.7. The van der Waals surface area contributed by atoms with E-state index in [1.807, 2.05) is 13.0 Å². The van der Waals surface area contributed by atoms with Crippen molar-refractivity contribution < 1.29 is 13.2 Å². The minimum Gasteiger partial charge on any atom is -0.166 e. The normalized spacial score (nSPS) is 27.0. The van der Waals surface area contributed by atoms with Gasteiger partial charge in [-0.3, -0.25) is 0 Å². The lowest BCUT2D eigenvalue weighted by Gasteiger charge is -2.28. The second-order valence-corrected chi connectivity index (χ2v) is 3.81. The summed E-state index contributed by atoms with van der Waals surface area (Å²) < 4.78 is 38.2. The highest BCUT2D eigenvalue weighted by atomic mass is 19.4. The Morgan fingerprint density at radius 3 is 2.47 bits per heavy atom. The highest BCUT2D eigenvalue weighted by molar-refractivity contribution is 5.35. The van der Waals surface area contributed by atoms with Crippen LogP contribution < -0.4 is 0 Å². The first-order valence-electron chi connectivity index (χ1n) is 5.02. The first-order chi connectivity index (χ1) is 6.90. The summed E-state index contributed by atoms with van der Waals surface area (Å²) in [7, 11) is 0. The summed E-state index contributed by atoms with van der Waals surface area (Å²) in [6, 6.07) is 0. The molecule has 2 unspecified atom stereocenters. The Morgan fingerprint density at radius 1 is 1.47 bits per heavy atom. The van der Waals surface area contributed by atoms with Crippen molar-refractivity contribution in [3.8, 4) is 0 Å². The molecule has 0 aromatic rings. The molecule has 2 atom stereocenters. The van der Waals surface area contributed by atoms with Gasteiger partial charge in [0, 0.05) is 11.5 Å². The fourth-order valence-corrected chi connectivity index (χ4v) is 1.90. The van der Waals surface area contributed by atoms with Crippen LogP contribution >= 0.6 is 0 Å². The molecule has 0 aromatic heterocycles. The molecular weight excluding hydrogens is 201 g/mol. The number of rotatable bonds is 2. The third-order valence-electron chi connectivity index (χ3n) is 2.73. The fraction of sp³-hybridized carbons (Fsp3) is 0.500. The molecule has 3 heteroatoms. The van der Waals surface area contributed by atoms with Crippen molar-refractivity contribution in [3.63, 3.8) is 0 Å². The zero-order chi connectivity index (χ0) is 11.6. The van der Waals surface area contributed by atoms with Crippen LogP contribution in [-0.2, 0) is 0 Å². The largest absolute Gasteiger partial charge is 0.413 e. The monoisotopic (exact) mass is 216 g/mol. The van der Waals surface area contributed by atoms with E-state index < -0.39 is 17.7 Å². The average molecular weight is 216 g/mol. The van der Waals surface area contributed by atoms with Crippen LogP contribution in [0.25, 0.3) is 0 Å². The quantitative estimate of drug-likeness (QED) is 0.605. The van der Waals surface area contributed by atoms with Gasteiger partial charge in [-0.1, -0.05) is 37.6 Å². The average Bonchev–Trinajstić information content (AvgIpc) is 2.15. The molecule has 0 heterocycles. The van der Waals surface area contributed by atoms with Crippen molar-refractivity contribution in [1.82, 2.24) is 0 Å². The molecule has 84 valence electrons. The van der Waals surface area contributed by atoms with Gasteiger partial charge in [0.2, 0.25) is 0 Å². The number of alkyl halides is 3. The lowest BCUT2D eigenvalue weighted by Crippen LogP contribution is -2.25. The van der Waals surface area contributed by atoms with Crippen LogP contribution in [0.15, 0.2) is 36.0 Å². The van der Waals surface area contributed by atoms with Crippen LogP contribution in [0.1, 0.15) is 20.3 Å². The van der Waals surface area contributed by atoms with E-state index in [4.69, 9.17) is 0 Å². The molecule has 15 heavy (non-hydrogen) atoms. The maximum atomic E-state index is 12.7. The number of hydrogen-bond acceptors (Lipinski definition) is 0. The molecule has 0 fully saturated rings. The SMILES string of the molecule is C=CC1C(C(F)(F)F)=CC(CC)=CC1C. The Morgan fingerprint density at radius 2 is 2.07 bits per heavy atom. The third kappa shape index (κ3) is 2.52. The predicted molar refractivity (Wildman–Crippen MR) is 55.4 cm³/mol. The zero-order valence-corrected chi connectivity index (χ0v) is 8.93. The van der Waals surface area contributed by atoms with Gasteiger partial charge in [0.05, 0.1) is 0 Å². The van der Waals surface area contributed by atoms with Crippen LogP contribution in [0, 0.1) is 11.8 Å². The summed E-state index contributed by atoms with van der Waals surface area (Å²) >= 11 is 0. The topological polar surface area (TPSA) is 0 Å². The minimum absolute atomic E-state index is 0.126. The van der Waals surface area contributed by atoms with Gasteiger partial charge in [-0.15, -0.1) is 6.58 Å². The molecule has 0 nitrogen and oxygen atoms in total. The van der Waals surface area contributed by atoms with E-state index in [1.54, 1.807) is 6.92 Å². The lowest BCUT2D eigenvalue weighted by molar-refractivity contribution is -0.0987. The second-order valence-electron chi connectivity index (χ2n) is 3.81. The molecular formula is C12H15F3. The summed E-state index contributed by atoms with van der Waals surface area (Å²) in [6.07, 6.45) is 0.913. The maximum Gasteiger partial charge on any atom is 0.413 e. The van der Waals surface area contributed by atoms with Gasteiger partial charge >= 0.3 is 6.18 Å². The van der Waals surface area contributed by atoms with E-state index in [9.17, 15) is 13.2 Å². The van der Waals surface area contributed by atoms with Gasteiger partial charge < -0.3 is 0 Å². The molecule has 1 aliphatic rings. The number of halogens is 3.